The standard InChI is InChI=1S/C10H12FN3O3S/c11-8-2-1-3-13-10(8)14-5-7(4-9(14)15)6-18(12,16)17/h1-3,7H,4-6H2,(H2,12,16,17). The number of nitrogens with zero attached hydrogens (tertiary/aromatic N) is 2. The van der Waals surface area contributed by atoms with Crippen LogP contribution in [0.1, 0.15) is 6.42 Å². The van der Waals surface area contributed by atoms with Gasteiger partial charge in [-0.05, 0) is 12.1 Å². The summed E-state index contributed by atoms with van der Waals surface area (Å²) in [6.07, 6.45) is 1.41. The van der Waals surface area contributed by atoms with E-state index in [1.807, 2.05) is 0 Å². The third kappa shape index (κ3) is 2.82. The molecular weight excluding hydrogens is 261 g/mol. The van der Waals surface area contributed by atoms with E-state index in [2.05, 4.69) is 4.98 Å². The molecule has 1 atom stereocenters. The average molecular weight is 273 g/mol. The van der Waals surface area contributed by atoms with E-state index in [1.54, 1.807) is 0 Å². The normalized spacial score (nSPS) is 20.4. The molecule has 8 heteroatoms. The highest BCUT2D eigenvalue weighted by Crippen LogP contribution is 2.25. The number of rotatable bonds is 3. The van der Waals surface area contributed by atoms with Gasteiger partial charge in [0.2, 0.25) is 15.9 Å². The second-order valence-electron chi connectivity index (χ2n) is 4.21. The number of nitrogens with two attached hydrogens (primary N) is 1. The number of pyridine rings is 1. The average Bonchev–Trinajstić information content (AvgIpc) is 2.57. The Balaban J connectivity index is 2.18. The molecule has 2 rings (SSSR count). The molecular formula is C10H12FN3O3S. The molecule has 98 valence electrons. The molecule has 0 bridgehead atoms. The number of sulfonamides is 1. The van der Waals surface area contributed by atoms with Crippen molar-refractivity contribution in [1.82, 2.24) is 4.98 Å². The Bertz CT molecular complexity index is 575. The fourth-order valence-electron chi connectivity index (χ4n) is 2.00. The molecule has 1 fully saturated rings. The molecule has 2 N–H and O–H groups in total. The van der Waals surface area contributed by atoms with Gasteiger partial charge in [0.15, 0.2) is 11.6 Å². The van der Waals surface area contributed by atoms with E-state index in [9.17, 15) is 17.6 Å². The van der Waals surface area contributed by atoms with Gasteiger partial charge in [-0.1, -0.05) is 0 Å². The summed E-state index contributed by atoms with van der Waals surface area (Å²) in [5, 5.41) is 4.93. The molecule has 1 saturated heterocycles. The predicted octanol–water partition coefficient (Wildman–Crippen LogP) is -0.138. The lowest BCUT2D eigenvalue weighted by atomic mass is 10.1. The monoisotopic (exact) mass is 273 g/mol. The van der Waals surface area contributed by atoms with E-state index in [0.29, 0.717) is 0 Å². The van der Waals surface area contributed by atoms with Crippen molar-refractivity contribution in [3.8, 4) is 0 Å². The molecule has 0 aliphatic carbocycles. The summed E-state index contributed by atoms with van der Waals surface area (Å²) in [6.45, 7) is 0.114. The van der Waals surface area contributed by atoms with Crippen LogP contribution < -0.4 is 10.0 Å². The zero-order valence-corrected chi connectivity index (χ0v) is 10.2. The smallest absolute Gasteiger partial charge is 0.228 e. The number of carbonyl (C=O) groups excluding carboxylic acids is 1. The third-order valence-corrected chi connectivity index (χ3v) is 3.60. The van der Waals surface area contributed by atoms with Crippen LogP contribution in [0.4, 0.5) is 10.2 Å². The van der Waals surface area contributed by atoms with Crippen LogP contribution >= 0.6 is 0 Å². The van der Waals surface area contributed by atoms with Gasteiger partial charge in [0.05, 0.1) is 5.75 Å². The first kappa shape index (κ1) is 12.9. The summed E-state index contributed by atoms with van der Waals surface area (Å²) in [5.41, 5.74) is 0. The van der Waals surface area contributed by atoms with Crippen LogP contribution in [0.15, 0.2) is 18.3 Å². The molecule has 1 amide bonds. The fourth-order valence-corrected chi connectivity index (χ4v) is 2.88. The Labute approximate surface area is 104 Å². The minimum absolute atomic E-state index is 0.0342. The quantitative estimate of drug-likeness (QED) is 0.829. The van der Waals surface area contributed by atoms with Crippen LogP contribution in [0.3, 0.4) is 0 Å². The van der Waals surface area contributed by atoms with Crippen molar-refractivity contribution in [3.05, 3.63) is 24.1 Å². The highest BCUT2D eigenvalue weighted by atomic mass is 32.2. The number of amides is 1. The maximum atomic E-state index is 13.5. The third-order valence-electron chi connectivity index (χ3n) is 2.67. The van der Waals surface area contributed by atoms with Crippen LogP contribution in [0.2, 0.25) is 0 Å². The molecule has 1 aromatic heterocycles. The molecule has 0 aromatic carbocycles. The van der Waals surface area contributed by atoms with Crippen molar-refractivity contribution in [2.45, 2.75) is 6.42 Å². The predicted molar refractivity (Wildman–Crippen MR) is 62.6 cm³/mol. The van der Waals surface area contributed by atoms with E-state index in [4.69, 9.17) is 5.14 Å². The summed E-state index contributed by atoms with van der Waals surface area (Å²) in [5.74, 6) is -1.74. The Kier molecular flexibility index (Phi) is 3.31. The maximum Gasteiger partial charge on any atom is 0.228 e. The zero-order chi connectivity index (χ0) is 13.3. The Hall–Kier alpha value is -1.54. The first-order valence-electron chi connectivity index (χ1n) is 5.28. The number of carbonyl (C=O) groups is 1. The summed E-state index contributed by atoms with van der Waals surface area (Å²) in [7, 11) is -3.64. The van der Waals surface area contributed by atoms with Crippen molar-refractivity contribution < 1.29 is 17.6 Å². The van der Waals surface area contributed by atoms with Crippen LogP contribution in [0, 0.1) is 11.7 Å². The fraction of sp³-hybridized carbons (Fsp3) is 0.400. The molecule has 0 spiro atoms. The maximum absolute atomic E-state index is 13.5. The van der Waals surface area contributed by atoms with Gasteiger partial charge in [-0.15, -0.1) is 0 Å². The molecule has 1 aromatic rings. The second-order valence-corrected chi connectivity index (χ2v) is 5.87. The lowest BCUT2D eigenvalue weighted by Gasteiger charge is -2.15. The number of halogens is 1. The summed E-state index contributed by atoms with van der Waals surface area (Å²) < 4.78 is 35.4. The van der Waals surface area contributed by atoms with E-state index >= 15 is 0 Å². The lowest BCUT2D eigenvalue weighted by molar-refractivity contribution is -0.117. The summed E-state index contributed by atoms with van der Waals surface area (Å²) in [4.78, 5) is 16.7. The van der Waals surface area contributed by atoms with E-state index in [0.717, 1.165) is 4.90 Å². The van der Waals surface area contributed by atoms with Gasteiger partial charge in [0.25, 0.3) is 0 Å². The van der Waals surface area contributed by atoms with Gasteiger partial charge in [-0.3, -0.25) is 9.69 Å². The van der Waals surface area contributed by atoms with Crippen molar-refractivity contribution >= 4 is 21.7 Å². The summed E-state index contributed by atoms with van der Waals surface area (Å²) >= 11 is 0. The molecule has 0 radical (unpaired) electrons. The van der Waals surface area contributed by atoms with Crippen molar-refractivity contribution in [2.75, 3.05) is 17.2 Å². The second kappa shape index (κ2) is 4.62. The minimum Gasteiger partial charge on any atom is -0.294 e. The first-order valence-corrected chi connectivity index (χ1v) is 7.00. The highest BCUT2D eigenvalue weighted by molar-refractivity contribution is 7.89. The highest BCUT2D eigenvalue weighted by Gasteiger charge is 2.34. The van der Waals surface area contributed by atoms with E-state index < -0.39 is 21.8 Å². The molecule has 18 heavy (non-hydrogen) atoms. The van der Waals surface area contributed by atoms with Crippen LogP contribution in [-0.2, 0) is 14.8 Å². The molecule has 1 aliphatic heterocycles. The van der Waals surface area contributed by atoms with Gasteiger partial charge in [0.1, 0.15) is 0 Å². The number of primary sulfonamides is 1. The SMILES string of the molecule is NS(=O)(=O)CC1CC(=O)N(c2ncccc2F)C1. The first-order chi connectivity index (χ1) is 8.37. The molecule has 1 unspecified atom stereocenters. The van der Waals surface area contributed by atoms with Crippen molar-refractivity contribution in [2.24, 2.45) is 11.1 Å². The van der Waals surface area contributed by atoms with Gasteiger partial charge in [-0.25, -0.2) is 22.9 Å². The minimum atomic E-state index is -3.64. The van der Waals surface area contributed by atoms with Crippen LogP contribution in [-0.4, -0.2) is 31.6 Å². The van der Waals surface area contributed by atoms with Crippen molar-refractivity contribution in [1.29, 1.82) is 0 Å². The Morgan fingerprint density at radius 3 is 2.89 bits per heavy atom. The zero-order valence-electron chi connectivity index (χ0n) is 9.41. The largest absolute Gasteiger partial charge is 0.294 e. The molecule has 1 aliphatic rings. The number of aromatic nitrogens is 1. The molecule has 0 saturated carbocycles. The summed E-state index contributed by atoms with van der Waals surface area (Å²) in [6, 6.07) is 2.61. The van der Waals surface area contributed by atoms with E-state index in [1.165, 1.54) is 18.3 Å². The number of hydrogen-bond acceptors (Lipinski definition) is 4. The van der Waals surface area contributed by atoms with Gasteiger partial charge >= 0.3 is 0 Å². The molecule has 6 nitrogen and oxygen atoms in total. The van der Waals surface area contributed by atoms with Gasteiger partial charge in [-0.2, -0.15) is 0 Å². The van der Waals surface area contributed by atoms with Crippen LogP contribution in [0.25, 0.3) is 0 Å². The lowest BCUT2D eigenvalue weighted by Crippen LogP contribution is -2.28. The van der Waals surface area contributed by atoms with Crippen LogP contribution in [0.5, 0.6) is 0 Å². The van der Waals surface area contributed by atoms with Gasteiger partial charge in [0, 0.05) is 25.1 Å². The Morgan fingerprint density at radius 2 is 2.28 bits per heavy atom. The van der Waals surface area contributed by atoms with E-state index in [-0.39, 0.29) is 30.4 Å². The molecule has 2 heterocycles. The number of anilines is 1. The Morgan fingerprint density at radius 1 is 1.56 bits per heavy atom. The topological polar surface area (TPSA) is 93.4 Å². The van der Waals surface area contributed by atoms with Crippen molar-refractivity contribution in [3.63, 3.8) is 0 Å². The van der Waals surface area contributed by atoms with Gasteiger partial charge < -0.3 is 0 Å². The number of hydrogen-bond donors (Lipinski definition) is 1.